The fourth-order valence-corrected chi connectivity index (χ4v) is 2.48. The summed E-state index contributed by atoms with van der Waals surface area (Å²) in [6.45, 7) is 6.15. The van der Waals surface area contributed by atoms with E-state index in [1.165, 1.54) is 5.56 Å². The molecule has 0 saturated carbocycles. The van der Waals surface area contributed by atoms with E-state index in [1.807, 2.05) is 25.1 Å². The van der Waals surface area contributed by atoms with Gasteiger partial charge in [0.2, 0.25) is 5.89 Å². The minimum atomic E-state index is -0.233. The monoisotopic (exact) mass is 259 g/mol. The van der Waals surface area contributed by atoms with Crippen LogP contribution in [0.3, 0.4) is 0 Å². The molecule has 1 aromatic carbocycles. The quantitative estimate of drug-likeness (QED) is 0.895. The number of aromatic nitrogens is 2. The Kier molecular flexibility index (Phi) is 4.00. The molecule has 2 N–H and O–H groups in total. The summed E-state index contributed by atoms with van der Waals surface area (Å²) in [5, 5.41) is 4.16. The van der Waals surface area contributed by atoms with Crippen molar-refractivity contribution in [2.45, 2.75) is 45.1 Å². The molecule has 1 atom stereocenters. The van der Waals surface area contributed by atoms with Gasteiger partial charge in [-0.05, 0) is 25.3 Å². The van der Waals surface area contributed by atoms with Crippen molar-refractivity contribution in [3.8, 4) is 0 Å². The normalized spacial score (nSPS) is 13.5. The topological polar surface area (TPSA) is 64.9 Å². The third-order valence-electron chi connectivity index (χ3n) is 3.79. The van der Waals surface area contributed by atoms with Gasteiger partial charge in [0.15, 0.2) is 5.82 Å². The zero-order chi connectivity index (χ0) is 13.9. The van der Waals surface area contributed by atoms with Gasteiger partial charge in [0.25, 0.3) is 0 Å². The molecule has 1 aromatic heterocycles. The van der Waals surface area contributed by atoms with Crippen LogP contribution in [0.5, 0.6) is 0 Å². The lowest BCUT2D eigenvalue weighted by atomic mass is 9.75. The van der Waals surface area contributed by atoms with Crippen LogP contribution >= 0.6 is 0 Å². The van der Waals surface area contributed by atoms with Crippen LogP contribution in [0.25, 0.3) is 0 Å². The van der Waals surface area contributed by atoms with Gasteiger partial charge in [0.05, 0.1) is 11.5 Å². The summed E-state index contributed by atoms with van der Waals surface area (Å²) in [5.41, 5.74) is 6.82. The average molecular weight is 259 g/mol. The number of rotatable bonds is 5. The summed E-state index contributed by atoms with van der Waals surface area (Å²) >= 11 is 0. The van der Waals surface area contributed by atoms with Crippen molar-refractivity contribution < 1.29 is 4.52 Å². The molecule has 0 radical (unpaired) electrons. The minimum Gasteiger partial charge on any atom is -0.338 e. The predicted molar refractivity (Wildman–Crippen MR) is 74.7 cm³/mol. The first-order valence-electron chi connectivity index (χ1n) is 6.79. The van der Waals surface area contributed by atoms with Gasteiger partial charge < -0.3 is 10.3 Å². The van der Waals surface area contributed by atoms with Gasteiger partial charge in [-0.1, -0.05) is 49.3 Å². The molecule has 4 nitrogen and oxygen atoms in total. The van der Waals surface area contributed by atoms with Gasteiger partial charge in [0, 0.05) is 0 Å². The largest absolute Gasteiger partial charge is 0.338 e. The molecular formula is C15H21N3O. The van der Waals surface area contributed by atoms with Crippen molar-refractivity contribution in [2.24, 2.45) is 5.73 Å². The highest BCUT2D eigenvalue weighted by Gasteiger charge is 2.35. The van der Waals surface area contributed by atoms with Crippen LogP contribution in [0.4, 0.5) is 0 Å². The maximum absolute atomic E-state index is 5.80. The van der Waals surface area contributed by atoms with Crippen molar-refractivity contribution in [1.82, 2.24) is 10.1 Å². The molecule has 19 heavy (non-hydrogen) atoms. The lowest BCUT2D eigenvalue weighted by molar-refractivity contribution is 0.342. The average Bonchev–Trinajstić information content (AvgIpc) is 2.93. The lowest BCUT2D eigenvalue weighted by Gasteiger charge is -2.28. The zero-order valence-electron chi connectivity index (χ0n) is 11.8. The Hall–Kier alpha value is -1.68. The SMILES string of the molecule is CCC(CC)(c1ccccc1)c1noc(C(C)N)n1. The Morgan fingerprint density at radius 2 is 1.84 bits per heavy atom. The highest BCUT2D eigenvalue weighted by atomic mass is 16.5. The summed E-state index contributed by atoms with van der Waals surface area (Å²) in [7, 11) is 0. The van der Waals surface area contributed by atoms with Crippen LogP contribution in [-0.2, 0) is 5.41 Å². The number of benzene rings is 1. The molecule has 0 amide bonds. The summed E-state index contributed by atoms with van der Waals surface area (Å²) in [4.78, 5) is 4.50. The van der Waals surface area contributed by atoms with Gasteiger partial charge >= 0.3 is 0 Å². The first-order chi connectivity index (χ1) is 9.14. The Morgan fingerprint density at radius 3 is 2.32 bits per heavy atom. The Morgan fingerprint density at radius 1 is 1.21 bits per heavy atom. The number of hydrogen-bond donors (Lipinski definition) is 1. The van der Waals surface area contributed by atoms with Crippen molar-refractivity contribution in [3.63, 3.8) is 0 Å². The Labute approximate surface area is 114 Å². The van der Waals surface area contributed by atoms with E-state index in [0.717, 1.165) is 18.7 Å². The molecule has 0 aliphatic heterocycles. The van der Waals surface area contributed by atoms with E-state index in [4.69, 9.17) is 10.3 Å². The second kappa shape index (κ2) is 5.53. The van der Waals surface area contributed by atoms with E-state index in [1.54, 1.807) is 0 Å². The van der Waals surface area contributed by atoms with Crippen molar-refractivity contribution in [3.05, 3.63) is 47.6 Å². The molecule has 102 valence electrons. The Bertz CT molecular complexity index is 515. The van der Waals surface area contributed by atoms with Crippen LogP contribution in [0.1, 0.15) is 56.9 Å². The van der Waals surface area contributed by atoms with Gasteiger partial charge in [-0.2, -0.15) is 4.98 Å². The number of nitrogens with zero attached hydrogens (tertiary/aromatic N) is 2. The first-order valence-corrected chi connectivity index (χ1v) is 6.79. The van der Waals surface area contributed by atoms with Crippen LogP contribution < -0.4 is 5.73 Å². The molecule has 4 heteroatoms. The van der Waals surface area contributed by atoms with Crippen LogP contribution in [0.2, 0.25) is 0 Å². The minimum absolute atomic E-state index is 0.197. The van der Waals surface area contributed by atoms with Crippen molar-refractivity contribution >= 4 is 0 Å². The van der Waals surface area contributed by atoms with E-state index in [9.17, 15) is 0 Å². The molecular weight excluding hydrogens is 238 g/mol. The first kappa shape index (κ1) is 13.7. The number of hydrogen-bond acceptors (Lipinski definition) is 4. The third kappa shape index (κ3) is 2.40. The molecule has 0 spiro atoms. The van der Waals surface area contributed by atoms with Crippen LogP contribution in [-0.4, -0.2) is 10.1 Å². The molecule has 0 bridgehead atoms. The van der Waals surface area contributed by atoms with Crippen molar-refractivity contribution in [2.75, 3.05) is 0 Å². The second-order valence-electron chi connectivity index (χ2n) is 4.90. The zero-order valence-corrected chi connectivity index (χ0v) is 11.8. The third-order valence-corrected chi connectivity index (χ3v) is 3.79. The molecule has 1 unspecified atom stereocenters. The molecule has 2 aromatic rings. The van der Waals surface area contributed by atoms with Gasteiger partial charge in [-0.25, -0.2) is 0 Å². The Balaban J connectivity index is 2.49. The summed E-state index contributed by atoms with van der Waals surface area (Å²) in [6, 6.07) is 10.1. The van der Waals surface area contributed by atoms with E-state index < -0.39 is 0 Å². The van der Waals surface area contributed by atoms with Crippen molar-refractivity contribution in [1.29, 1.82) is 0 Å². The van der Waals surface area contributed by atoms with Crippen LogP contribution in [0, 0.1) is 0 Å². The van der Waals surface area contributed by atoms with E-state index in [-0.39, 0.29) is 11.5 Å². The van der Waals surface area contributed by atoms with Crippen LogP contribution in [0.15, 0.2) is 34.9 Å². The second-order valence-corrected chi connectivity index (χ2v) is 4.90. The van der Waals surface area contributed by atoms with Gasteiger partial charge in [-0.15, -0.1) is 0 Å². The standard InChI is InChI=1S/C15H21N3O/c1-4-15(5-2,12-9-7-6-8-10-12)14-17-13(11(3)16)19-18-14/h6-11H,4-5,16H2,1-3H3. The highest BCUT2D eigenvalue weighted by molar-refractivity contribution is 5.32. The summed E-state index contributed by atoms with van der Waals surface area (Å²) < 4.78 is 5.27. The highest BCUT2D eigenvalue weighted by Crippen LogP contribution is 2.37. The van der Waals surface area contributed by atoms with Gasteiger partial charge in [0.1, 0.15) is 0 Å². The van der Waals surface area contributed by atoms with Gasteiger partial charge in [-0.3, -0.25) is 0 Å². The lowest BCUT2D eigenvalue weighted by Crippen LogP contribution is -2.27. The fourth-order valence-electron chi connectivity index (χ4n) is 2.48. The van der Waals surface area contributed by atoms with E-state index in [0.29, 0.717) is 5.89 Å². The summed E-state index contributed by atoms with van der Waals surface area (Å²) in [5.74, 6) is 1.23. The molecule has 0 fully saturated rings. The summed E-state index contributed by atoms with van der Waals surface area (Å²) in [6.07, 6.45) is 1.84. The fraction of sp³-hybridized carbons (Fsp3) is 0.467. The number of nitrogens with two attached hydrogens (primary N) is 1. The smallest absolute Gasteiger partial charge is 0.243 e. The molecule has 2 rings (SSSR count). The van der Waals surface area contributed by atoms with E-state index >= 15 is 0 Å². The molecule has 0 aliphatic carbocycles. The molecule has 0 saturated heterocycles. The predicted octanol–water partition coefficient (Wildman–Crippen LogP) is 3.20. The van der Waals surface area contributed by atoms with E-state index in [2.05, 4.69) is 36.1 Å². The molecule has 1 heterocycles. The maximum Gasteiger partial charge on any atom is 0.243 e. The molecule has 0 aliphatic rings. The maximum atomic E-state index is 5.80.